The predicted octanol–water partition coefficient (Wildman–Crippen LogP) is 1.50. The largest absolute Gasteiger partial charge is 0.362 e. The van der Waals surface area contributed by atoms with E-state index in [9.17, 15) is 9.59 Å². The first-order valence-electron chi connectivity index (χ1n) is 7.82. The number of carbonyl (C=O) groups is 2. The summed E-state index contributed by atoms with van der Waals surface area (Å²) in [6.07, 6.45) is 8.51. The van der Waals surface area contributed by atoms with Gasteiger partial charge in [0.05, 0.1) is 23.5 Å². The lowest BCUT2D eigenvalue weighted by Crippen LogP contribution is -2.46. The molecule has 3 aliphatic heterocycles. The summed E-state index contributed by atoms with van der Waals surface area (Å²) in [4.78, 5) is 27.3. The SMILES string of the molecule is CC12C=CC(O1)C1C(=O)N(C3CC4CCC3C4)C(=O)C12. The lowest BCUT2D eigenvalue weighted by Gasteiger charge is -2.32. The fourth-order valence-electron chi connectivity index (χ4n) is 5.53. The zero-order valence-corrected chi connectivity index (χ0v) is 11.6. The molecule has 0 aromatic heterocycles. The molecule has 2 saturated heterocycles. The number of nitrogens with zero attached hydrogens (tertiary/aromatic N) is 1. The van der Waals surface area contributed by atoms with Crippen molar-refractivity contribution in [3.05, 3.63) is 12.2 Å². The number of ether oxygens (including phenoxy) is 1. The van der Waals surface area contributed by atoms with Gasteiger partial charge in [-0.2, -0.15) is 0 Å². The summed E-state index contributed by atoms with van der Waals surface area (Å²) in [7, 11) is 0. The van der Waals surface area contributed by atoms with Crippen LogP contribution in [0.15, 0.2) is 12.2 Å². The molecule has 5 aliphatic rings. The Hall–Kier alpha value is -1.16. The van der Waals surface area contributed by atoms with Gasteiger partial charge < -0.3 is 4.74 Å². The van der Waals surface area contributed by atoms with E-state index in [0.717, 1.165) is 12.3 Å². The molecule has 4 fully saturated rings. The average molecular weight is 273 g/mol. The normalized spacial score (nSPS) is 55.4. The molecule has 0 aromatic rings. The Morgan fingerprint density at radius 1 is 1.25 bits per heavy atom. The van der Waals surface area contributed by atoms with Gasteiger partial charge in [-0.3, -0.25) is 14.5 Å². The van der Waals surface area contributed by atoms with Gasteiger partial charge in [-0.15, -0.1) is 0 Å². The molecule has 0 aromatic carbocycles. The first kappa shape index (κ1) is 11.5. The van der Waals surface area contributed by atoms with Crippen molar-refractivity contribution in [2.75, 3.05) is 0 Å². The van der Waals surface area contributed by atoms with Crippen LogP contribution in [0.3, 0.4) is 0 Å². The number of fused-ring (bicyclic) bond motifs is 7. The fourth-order valence-corrected chi connectivity index (χ4v) is 5.53. The van der Waals surface area contributed by atoms with Crippen LogP contribution in [0.25, 0.3) is 0 Å². The molecule has 0 radical (unpaired) electrons. The van der Waals surface area contributed by atoms with Gasteiger partial charge in [0, 0.05) is 6.04 Å². The number of hydrogen-bond acceptors (Lipinski definition) is 3. The fraction of sp³-hybridized carbons (Fsp3) is 0.750. The molecule has 20 heavy (non-hydrogen) atoms. The Morgan fingerprint density at radius 3 is 2.75 bits per heavy atom. The second kappa shape index (κ2) is 3.35. The minimum atomic E-state index is -0.547. The quantitative estimate of drug-likeness (QED) is 0.537. The van der Waals surface area contributed by atoms with Crippen LogP contribution >= 0.6 is 0 Å². The monoisotopic (exact) mass is 273 g/mol. The van der Waals surface area contributed by atoms with Crippen molar-refractivity contribution in [3.63, 3.8) is 0 Å². The molecular formula is C16H19NO3. The Kier molecular flexibility index (Phi) is 1.93. The molecule has 7 unspecified atom stereocenters. The summed E-state index contributed by atoms with van der Waals surface area (Å²) in [5.74, 6) is 0.849. The molecule has 4 nitrogen and oxygen atoms in total. The topological polar surface area (TPSA) is 46.6 Å². The Morgan fingerprint density at radius 2 is 2.10 bits per heavy atom. The van der Waals surface area contributed by atoms with Gasteiger partial charge in [-0.25, -0.2) is 0 Å². The first-order valence-corrected chi connectivity index (χ1v) is 7.82. The third-order valence-corrected chi connectivity index (χ3v) is 6.40. The summed E-state index contributed by atoms with van der Waals surface area (Å²) in [5, 5.41) is 0. The molecule has 2 amide bonds. The van der Waals surface area contributed by atoms with Crippen molar-refractivity contribution in [1.29, 1.82) is 0 Å². The number of likely N-dealkylation sites (tertiary alicyclic amines) is 1. The van der Waals surface area contributed by atoms with Crippen molar-refractivity contribution < 1.29 is 14.3 Å². The molecule has 4 bridgehead atoms. The van der Waals surface area contributed by atoms with Crippen LogP contribution in [0.5, 0.6) is 0 Å². The lowest BCUT2D eigenvalue weighted by atomic mass is 9.78. The molecule has 5 rings (SSSR count). The summed E-state index contributed by atoms with van der Waals surface area (Å²) in [6.45, 7) is 1.95. The number of rotatable bonds is 1. The molecule has 0 spiro atoms. The highest BCUT2D eigenvalue weighted by Gasteiger charge is 2.67. The number of imide groups is 1. The molecule has 2 aliphatic carbocycles. The zero-order chi connectivity index (χ0) is 13.6. The maximum absolute atomic E-state index is 12.8. The highest BCUT2D eigenvalue weighted by Crippen LogP contribution is 2.55. The minimum Gasteiger partial charge on any atom is -0.362 e. The number of amides is 2. The molecule has 106 valence electrons. The van der Waals surface area contributed by atoms with Gasteiger partial charge in [0.2, 0.25) is 11.8 Å². The Balaban J connectivity index is 1.52. The summed E-state index contributed by atoms with van der Waals surface area (Å²) < 4.78 is 5.86. The van der Waals surface area contributed by atoms with Gasteiger partial charge in [0.15, 0.2) is 0 Å². The van der Waals surface area contributed by atoms with Crippen LogP contribution in [0, 0.1) is 23.7 Å². The van der Waals surface area contributed by atoms with Crippen LogP contribution in [0.4, 0.5) is 0 Å². The molecule has 7 atom stereocenters. The van der Waals surface area contributed by atoms with Crippen LogP contribution in [0.2, 0.25) is 0 Å². The van der Waals surface area contributed by atoms with Crippen molar-refractivity contribution in [1.82, 2.24) is 4.90 Å². The summed E-state index contributed by atoms with van der Waals surface area (Å²) in [6, 6.07) is 0.183. The third-order valence-electron chi connectivity index (χ3n) is 6.40. The summed E-state index contributed by atoms with van der Waals surface area (Å²) >= 11 is 0. The first-order chi connectivity index (χ1) is 9.58. The average Bonchev–Trinajstić information content (AvgIpc) is 3.15. The van der Waals surface area contributed by atoms with E-state index in [-0.39, 0.29) is 35.8 Å². The van der Waals surface area contributed by atoms with Crippen molar-refractivity contribution in [2.24, 2.45) is 23.7 Å². The molecular weight excluding hydrogens is 254 g/mol. The van der Waals surface area contributed by atoms with Gasteiger partial charge >= 0.3 is 0 Å². The van der Waals surface area contributed by atoms with Gasteiger partial charge in [0.1, 0.15) is 0 Å². The second-order valence-electron chi connectivity index (χ2n) is 7.42. The molecule has 3 heterocycles. The van der Waals surface area contributed by atoms with E-state index < -0.39 is 5.60 Å². The van der Waals surface area contributed by atoms with Crippen LogP contribution in [0.1, 0.15) is 32.6 Å². The standard InChI is InChI=1S/C16H19NO3/c1-16-5-4-11(20-16)12-13(16)15(19)17(14(12)18)10-7-8-2-3-9(10)6-8/h4-5,8-13H,2-3,6-7H2,1H3. The smallest absolute Gasteiger partial charge is 0.236 e. The van der Waals surface area contributed by atoms with Crippen molar-refractivity contribution in [3.8, 4) is 0 Å². The van der Waals surface area contributed by atoms with E-state index in [4.69, 9.17) is 4.74 Å². The van der Waals surface area contributed by atoms with E-state index in [0.29, 0.717) is 5.92 Å². The van der Waals surface area contributed by atoms with E-state index in [1.54, 1.807) is 4.90 Å². The van der Waals surface area contributed by atoms with Crippen LogP contribution in [-0.4, -0.2) is 34.5 Å². The van der Waals surface area contributed by atoms with E-state index in [1.165, 1.54) is 19.3 Å². The number of hydrogen-bond donors (Lipinski definition) is 0. The summed E-state index contributed by atoms with van der Waals surface area (Å²) in [5.41, 5.74) is -0.547. The Bertz CT molecular complexity index is 556. The number of carbonyl (C=O) groups excluding carboxylic acids is 2. The highest BCUT2D eigenvalue weighted by atomic mass is 16.5. The van der Waals surface area contributed by atoms with E-state index in [2.05, 4.69) is 0 Å². The van der Waals surface area contributed by atoms with Crippen molar-refractivity contribution >= 4 is 11.8 Å². The van der Waals surface area contributed by atoms with Gasteiger partial charge in [0.25, 0.3) is 0 Å². The minimum absolute atomic E-state index is 0.0342. The van der Waals surface area contributed by atoms with Crippen LogP contribution < -0.4 is 0 Å². The second-order valence-corrected chi connectivity index (χ2v) is 7.42. The Labute approximate surface area is 118 Å². The maximum atomic E-state index is 12.8. The van der Waals surface area contributed by atoms with Gasteiger partial charge in [-0.1, -0.05) is 18.6 Å². The van der Waals surface area contributed by atoms with Crippen LogP contribution in [-0.2, 0) is 14.3 Å². The van der Waals surface area contributed by atoms with Crippen molar-refractivity contribution in [2.45, 2.75) is 50.4 Å². The molecule has 0 N–H and O–H groups in total. The molecule has 4 heteroatoms. The maximum Gasteiger partial charge on any atom is 0.236 e. The zero-order valence-electron chi connectivity index (χ0n) is 11.6. The third kappa shape index (κ3) is 1.14. The lowest BCUT2D eigenvalue weighted by molar-refractivity contribution is -0.147. The highest BCUT2D eigenvalue weighted by molar-refractivity contribution is 6.07. The predicted molar refractivity (Wildman–Crippen MR) is 70.5 cm³/mol. The van der Waals surface area contributed by atoms with Gasteiger partial charge in [-0.05, 0) is 38.0 Å². The molecule has 2 saturated carbocycles. The van der Waals surface area contributed by atoms with E-state index >= 15 is 0 Å². The van der Waals surface area contributed by atoms with E-state index in [1.807, 2.05) is 19.1 Å².